The van der Waals surface area contributed by atoms with E-state index in [-0.39, 0.29) is 5.91 Å². The number of amides is 1. The first-order valence-corrected chi connectivity index (χ1v) is 10.4. The van der Waals surface area contributed by atoms with Gasteiger partial charge in [-0.3, -0.25) is 9.59 Å². The average Bonchev–Trinajstić information content (AvgIpc) is 3.42. The molecule has 1 amide bonds. The van der Waals surface area contributed by atoms with Gasteiger partial charge in [0.05, 0.1) is 0 Å². The highest BCUT2D eigenvalue weighted by atomic mass is 32.2. The van der Waals surface area contributed by atoms with Gasteiger partial charge in [-0.15, -0.1) is 0 Å². The van der Waals surface area contributed by atoms with Gasteiger partial charge in [-0.05, 0) is 44.2 Å². The van der Waals surface area contributed by atoms with Crippen molar-refractivity contribution in [1.82, 2.24) is 9.62 Å². The van der Waals surface area contributed by atoms with Crippen LogP contribution in [0.5, 0.6) is 0 Å². The maximum Gasteiger partial charge on any atom is 0.324 e. The average molecular weight is 400 g/mol. The standard InChI is InChI=1S/C18H25FN2O5S/c1-3-10-21(11-14-8-9-14)17(22)12-26-18(23)13(2)20-27(24,25)16-7-5-4-6-15(16)19/h4-7,13-14,20H,3,8-12H2,1-2H3. The lowest BCUT2D eigenvalue weighted by Crippen LogP contribution is -2.42. The van der Waals surface area contributed by atoms with Crippen LogP contribution in [0.2, 0.25) is 0 Å². The van der Waals surface area contributed by atoms with Crippen molar-refractivity contribution in [2.45, 2.75) is 44.0 Å². The van der Waals surface area contributed by atoms with Crippen molar-refractivity contribution in [1.29, 1.82) is 0 Å². The van der Waals surface area contributed by atoms with Crippen molar-refractivity contribution in [2.75, 3.05) is 19.7 Å². The zero-order valence-electron chi connectivity index (χ0n) is 15.5. The van der Waals surface area contributed by atoms with Gasteiger partial charge in [-0.25, -0.2) is 12.8 Å². The fourth-order valence-corrected chi connectivity index (χ4v) is 3.83. The molecule has 0 saturated heterocycles. The van der Waals surface area contributed by atoms with Crippen LogP contribution in [-0.2, 0) is 24.3 Å². The summed E-state index contributed by atoms with van der Waals surface area (Å²) in [5, 5.41) is 0. The minimum Gasteiger partial charge on any atom is -0.454 e. The minimum absolute atomic E-state index is 0.304. The Morgan fingerprint density at radius 2 is 2.00 bits per heavy atom. The lowest BCUT2D eigenvalue weighted by Gasteiger charge is -2.22. The minimum atomic E-state index is -4.23. The molecule has 2 rings (SSSR count). The molecule has 150 valence electrons. The van der Waals surface area contributed by atoms with Crippen LogP contribution in [0, 0.1) is 11.7 Å². The molecule has 1 atom stereocenters. The summed E-state index contributed by atoms with van der Waals surface area (Å²) in [5.74, 6) is -1.61. The highest BCUT2D eigenvalue weighted by Crippen LogP contribution is 2.29. The van der Waals surface area contributed by atoms with Crippen LogP contribution in [0.1, 0.15) is 33.1 Å². The molecule has 1 fully saturated rings. The predicted octanol–water partition coefficient (Wildman–Crippen LogP) is 1.68. The lowest BCUT2D eigenvalue weighted by molar-refractivity contribution is -0.153. The van der Waals surface area contributed by atoms with Crippen LogP contribution >= 0.6 is 0 Å². The third-order valence-corrected chi connectivity index (χ3v) is 5.75. The lowest BCUT2D eigenvalue weighted by atomic mass is 10.3. The molecule has 1 aliphatic rings. The highest BCUT2D eigenvalue weighted by molar-refractivity contribution is 7.89. The van der Waals surface area contributed by atoms with Gasteiger partial charge in [0.25, 0.3) is 5.91 Å². The second kappa shape index (κ2) is 9.27. The number of esters is 1. The molecule has 0 spiro atoms. The Morgan fingerprint density at radius 1 is 1.33 bits per heavy atom. The van der Waals surface area contributed by atoms with Crippen molar-refractivity contribution >= 4 is 21.9 Å². The molecule has 0 radical (unpaired) electrons. The molecule has 1 aliphatic carbocycles. The summed E-state index contributed by atoms with van der Waals surface area (Å²) < 4.78 is 45.1. The molecule has 1 saturated carbocycles. The summed E-state index contributed by atoms with van der Waals surface area (Å²) in [6.07, 6.45) is 3.00. The van der Waals surface area contributed by atoms with Crippen molar-refractivity contribution in [3.8, 4) is 0 Å². The van der Waals surface area contributed by atoms with Crippen molar-refractivity contribution in [3.05, 3.63) is 30.1 Å². The predicted molar refractivity (Wildman–Crippen MR) is 96.7 cm³/mol. The number of carbonyl (C=O) groups is 2. The largest absolute Gasteiger partial charge is 0.454 e. The topological polar surface area (TPSA) is 92.8 Å². The van der Waals surface area contributed by atoms with Gasteiger partial charge < -0.3 is 9.64 Å². The van der Waals surface area contributed by atoms with Crippen molar-refractivity contribution < 1.29 is 27.1 Å². The number of hydrogen-bond donors (Lipinski definition) is 1. The van der Waals surface area contributed by atoms with Crippen LogP contribution in [0.3, 0.4) is 0 Å². The van der Waals surface area contributed by atoms with Gasteiger partial charge in [0.1, 0.15) is 16.8 Å². The Balaban J connectivity index is 1.89. The van der Waals surface area contributed by atoms with Gasteiger partial charge >= 0.3 is 5.97 Å². The van der Waals surface area contributed by atoms with Crippen LogP contribution < -0.4 is 4.72 Å². The molecule has 0 bridgehead atoms. The van der Waals surface area contributed by atoms with Crippen LogP contribution in [0.4, 0.5) is 4.39 Å². The third kappa shape index (κ3) is 6.28. The number of sulfonamides is 1. The summed E-state index contributed by atoms with van der Waals surface area (Å²) in [7, 11) is -4.23. The molecule has 9 heteroatoms. The second-order valence-corrected chi connectivity index (χ2v) is 8.35. The van der Waals surface area contributed by atoms with Gasteiger partial charge in [-0.1, -0.05) is 19.1 Å². The first-order valence-electron chi connectivity index (χ1n) is 8.96. The van der Waals surface area contributed by atoms with Crippen LogP contribution in [0.15, 0.2) is 29.2 Å². The molecule has 0 heterocycles. The number of carbonyl (C=O) groups excluding carboxylic acids is 2. The molecule has 1 unspecified atom stereocenters. The summed E-state index contributed by atoms with van der Waals surface area (Å²) in [6.45, 7) is 4.03. The fourth-order valence-electron chi connectivity index (χ4n) is 2.56. The van der Waals surface area contributed by atoms with E-state index >= 15 is 0 Å². The van der Waals surface area contributed by atoms with Crippen molar-refractivity contribution in [2.24, 2.45) is 5.92 Å². The second-order valence-electron chi connectivity index (χ2n) is 6.66. The van der Waals surface area contributed by atoms with Gasteiger partial charge in [-0.2, -0.15) is 4.72 Å². The van der Waals surface area contributed by atoms with E-state index in [4.69, 9.17) is 4.74 Å². The van der Waals surface area contributed by atoms with E-state index in [0.29, 0.717) is 19.0 Å². The Morgan fingerprint density at radius 3 is 2.59 bits per heavy atom. The Kier molecular flexibility index (Phi) is 7.32. The molecule has 7 nitrogen and oxygen atoms in total. The number of nitrogens with one attached hydrogen (secondary N) is 1. The van der Waals surface area contributed by atoms with E-state index in [9.17, 15) is 22.4 Å². The summed E-state index contributed by atoms with van der Waals surface area (Å²) in [4.78, 5) is 25.4. The van der Waals surface area contributed by atoms with E-state index in [0.717, 1.165) is 31.4 Å². The quantitative estimate of drug-likeness (QED) is 0.603. The SMILES string of the molecule is CCCN(CC1CC1)C(=O)COC(=O)C(C)NS(=O)(=O)c1ccccc1F. The molecule has 0 aromatic heterocycles. The first kappa shape index (κ1) is 21.3. The number of rotatable bonds is 10. The Hall–Kier alpha value is -2.00. The summed E-state index contributed by atoms with van der Waals surface area (Å²) >= 11 is 0. The van der Waals surface area contributed by atoms with E-state index in [1.165, 1.54) is 19.1 Å². The zero-order chi connectivity index (χ0) is 20.0. The maximum atomic E-state index is 13.7. The number of halogens is 1. The highest BCUT2D eigenvalue weighted by Gasteiger charge is 2.28. The molecular weight excluding hydrogens is 375 g/mol. The Labute approximate surface area is 158 Å². The molecule has 0 aliphatic heterocycles. The van der Waals surface area contributed by atoms with E-state index in [1.54, 1.807) is 4.90 Å². The van der Waals surface area contributed by atoms with Gasteiger partial charge in [0.2, 0.25) is 10.0 Å². The molecule has 1 N–H and O–H groups in total. The number of ether oxygens (including phenoxy) is 1. The smallest absolute Gasteiger partial charge is 0.324 e. The van der Waals surface area contributed by atoms with E-state index < -0.39 is 39.4 Å². The third-order valence-electron chi connectivity index (χ3n) is 4.17. The molecular formula is C18H25FN2O5S. The zero-order valence-corrected chi connectivity index (χ0v) is 16.3. The normalized spacial score (nSPS) is 15.2. The number of hydrogen-bond acceptors (Lipinski definition) is 5. The Bertz CT molecular complexity index is 780. The molecule has 1 aromatic rings. The molecule has 1 aromatic carbocycles. The first-order chi connectivity index (χ1) is 12.7. The van der Waals surface area contributed by atoms with Crippen molar-refractivity contribution in [3.63, 3.8) is 0 Å². The fraction of sp³-hybridized carbons (Fsp3) is 0.556. The molecule has 27 heavy (non-hydrogen) atoms. The number of benzene rings is 1. The van der Waals surface area contributed by atoms with Crippen LogP contribution in [-0.4, -0.2) is 50.9 Å². The maximum absolute atomic E-state index is 13.7. The van der Waals surface area contributed by atoms with E-state index in [1.807, 2.05) is 6.92 Å². The van der Waals surface area contributed by atoms with E-state index in [2.05, 4.69) is 4.72 Å². The number of nitrogens with zero attached hydrogens (tertiary/aromatic N) is 1. The van der Waals surface area contributed by atoms with Crippen LogP contribution in [0.25, 0.3) is 0 Å². The van der Waals surface area contributed by atoms with Gasteiger partial charge in [0, 0.05) is 13.1 Å². The monoisotopic (exact) mass is 400 g/mol. The summed E-state index contributed by atoms with van der Waals surface area (Å²) in [5.41, 5.74) is 0. The van der Waals surface area contributed by atoms with Gasteiger partial charge in [0.15, 0.2) is 6.61 Å². The summed E-state index contributed by atoms with van der Waals surface area (Å²) in [6, 6.07) is 3.59.